The number of methoxy groups -OCH3 is 1. The molecule has 8 aromatic rings. The molecule has 0 unspecified atom stereocenters. The fourth-order valence-electron chi connectivity index (χ4n) is 12.4. The first kappa shape index (κ1) is 67.2. The van der Waals surface area contributed by atoms with Crippen molar-refractivity contribution in [1.82, 2.24) is 70.5 Å². The average molecular weight is 1290 g/mol. The zero-order valence-corrected chi connectivity index (χ0v) is 56.3. The van der Waals surface area contributed by atoms with Gasteiger partial charge in [0.15, 0.2) is 23.2 Å². The molecule has 2 fully saturated rings. The maximum Gasteiger partial charge on any atom is 0.328 e. The van der Waals surface area contributed by atoms with Gasteiger partial charge in [0.1, 0.15) is 23.5 Å². The number of esters is 1. The quantitative estimate of drug-likeness (QED) is 0.0285. The summed E-state index contributed by atoms with van der Waals surface area (Å²) in [6.45, 7) is 27.4. The molecule has 23 nitrogen and oxygen atoms in total. The maximum atomic E-state index is 13.2. The first-order valence-corrected chi connectivity index (χ1v) is 32.5. The summed E-state index contributed by atoms with van der Waals surface area (Å²) < 4.78 is 30.1. The summed E-state index contributed by atoms with van der Waals surface area (Å²) in [6, 6.07) is 11.0. The Kier molecular flexibility index (Phi) is 20.1. The van der Waals surface area contributed by atoms with Gasteiger partial charge >= 0.3 is 5.97 Å². The van der Waals surface area contributed by atoms with Gasteiger partial charge in [-0.2, -0.15) is 34.0 Å². The van der Waals surface area contributed by atoms with E-state index in [1.54, 1.807) is 6.07 Å². The largest absolute Gasteiger partial charge is 0.467 e. The van der Waals surface area contributed by atoms with Crippen LogP contribution in [0, 0.1) is 11.9 Å². The molecule has 10 heterocycles. The van der Waals surface area contributed by atoms with E-state index in [9.17, 15) is 18.4 Å². The number of pyridine rings is 2. The summed E-state index contributed by atoms with van der Waals surface area (Å²) in [7, 11) is 1.43. The van der Waals surface area contributed by atoms with Crippen LogP contribution in [0.1, 0.15) is 202 Å². The number of hydrogen-bond acceptors (Lipinski definition) is 20. The molecule has 0 saturated carbocycles. The van der Waals surface area contributed by atoms with E-state index in [0.29, 0.717) is 40.9 Å². The highest BCUT2D eigenvalue weighted by Gasteiger charge is 2.41. The summed E-state index contributed by atoms with van der Waals surface area (Å²) in [5.74, 6) is 5.65. The van der Waals surface area contributed by atoms with E-state index in [2.05, 4.69) is 150 Å². The molecule has 8 N–H and O–H groups in total. The van der Waals surface area contributed by atoms with E-state index in [4.69, 9.17) is 42.0 Å². The van der Waals surface area contributed by atoms with E-state index in [-0.39, 0.29) is 51.8 Å². The molecule has 494 valence electrons. The van der Waals surface area contributed by atoms with Crippen molar-refractivity contribution in [3.63, 3.8) is 0 Å². The Morgan fingerprint density at radius 2 is 1.01 bits per heavy atom. The minimum absolute atomic E-state index is 0.0292. The molecule has 2 saturated heterocycles. The number of nitrogen functional groups attached to an aromatic ring is 1. The molecule has 2 atom stereocenters. The number of ketones is 1. The number of ether oxygens (including phenoxy) is 1. The molecular formula is C67H87ClF2N20O3. The van der Waals surface area contributed by atoms with Crippen LogP contribution < -0.4 is 31.5 Å². The lowest BCUT2D eigenvalue weighted by atomic mass is 9.91. The number of hydrogen-bond donors (Lipinski definition) is 7. The predicted octanol–water partition coefficient (Wildman–Crippen LogP) is 12.8. The lowest BCUT2D eigenvalue weighted by Crippen LogP contribution is -2.38. The van der Waals surface area contributed by atoms with Crippen molar-refractivity contribution in [2.24, 2.45) is 0 Å². The Balaban J connectivity index is 0.000000147. The molecular weight excluding hydrogens is 1210 g/mol. The normalized spacial score (nSPS) is 17.8. The molecule has 8 aromatic heterocycles. The van der Waals surface area contributed by atoms with Crippen LogP contribution in [-0.4, -0.2) is 114 Å². The predicted molar refractivity (Wildman–Crippen MR) is 357 cm³/mol. The molecule has 2 aliphatic heterocycles. The summed E-state index contributed by atoms with van der Waals surface area (Å²) in [4.78, 5) is 65.0. The van der Waals surface area contributed by atoms with Gasteiger partial charge in [0.05, 0.1) is 42.1 Å². The van der Waals surface area contributed by atoms with Crippen molar-refractivity contribution in [3.8, 4) is 0 Å². The molecule has 0 spiro atoms. The number of aromatic amines is 3. The van der Waals surface area contributed by atoms with Gasteiger partial charge in [-0.05, 0) is 117 Å². The second kappa shape index (κ2) is 27.8. The van der Waals surface area contributed by atoms with Crippen molar-refractivity contribution in [1.29, 1.82) is 0 Å². The van der Waals surface area contributed by atoms with Gasteiger partial charge in [-0.25, -0.2) is 34.7 Å². The SMILES string of the molecule is CC(C)c1cc(Nc2nc(Cl)nc3c2CCC3(C)C)n[nH]1.CC(C)c1cc(Nc2nc(N3CCC[C@H]3C(=O)Cc3ccc(F)nc3)nc3c2CCC3(C)C)n[nH]1.COC(=O)[C@@H]1CCCN1c1nc(Nc2cc(C(C)C)[nH]n2)c2c(n1)C(C)(C)CC2.Nc1ccc(F)nc1. The topological polar surface area (TPSA) is 301 Å². The lowest BCUT2D eigenvalue weighted by molar-refractivity contribution is -0.142. The Morgan fingerprint density at radius 3 is 1.40 bits per heavy atom. The van der Waals surface area contributed by atoms with Gasteiger partial charge in [0.2, 0.25) is 29.1 Å². The smallest absolute Gasteiger partial charge is 0.328 e. The third-order valence-corrected chi connectivity index (χ3v) is 18.2. The van der Waals surface area contributed by atoms with Gasteiger partial charge in [0, 0.05) is 93.9 Å². The zero-order chi connectivity index (χ0) is 66.7. The molecule has 0 amide bonds. The Labute approximate surface area is 546 Å². The molecule has 0 bridgehead atoms. The highest BCUT2D eigenvalue weighted by molar-refractivity contribution is 6.28. The Morgan fingerprint density at radius 1 is 0.602 bits per heavy atom. The highest BCUT2D eigenvalue weighted by atomic mass is 35.5. The zero-order valence-electron chi connectivity index (χ0n) is 55.5. The van der Waals surface area contributed by atoms with Crippen LogP contribution in [0.3, 0.4) is 0 Å². The van der Waals surface area contributed by atoms with E-state index < -0.39 is 11.9 Å². The van der Waals surface area contributed by atoms with Crippen molar-refractivity contribution in [2.45, 2.75) is 200 Å². The fraction of sp³-hybridized carbons (Fsp3) is 0.507. The number of nitrogens with one attached hydrogen (secondary N) is 6. The number of nitrogens with two attached hydrogens (primary N) is 1. The second-order valence-electron chi connectivity index (χ2n) is 27.5. The number of H-pyrrole nitrogens is 3. The third-order valence-electron chi connectivity index (χ3n) is 18.1. The summed E-state index contributed by atoms with van der Waals surface area (Å²) in [5, 5.41) is 32.7. The standard InChI is InChI=1S/C26H32FN7O.C21H30N6O2.C15H20ClN5.C5H5FN2/c1-15(2)18-13-22(33-32-18)29-24-17-9-10-26(3,4)23(17)30-25(31-24)34-11-5-6-19(34)20(35)12-16-7-8-21(27)28-14-16;1-12(2)14-11-16(26-25-14)22-18-13-8-9-21(3,4)17(13)23-20(24-18)27-10-6-7-15(27)19(28)29-5;1-8(2)10-7-11(21-20-10)17-13-9-5-6-15(3,4)12(9)18-14(16)19-13;6-5-2-1-4(7)3-8-5/h7-8,13-15,19H,5-6,9-12H2,1-4H3,(H2,29,30,31,32,33);11-12,15H,6-10H2,1-5H3,(H2,22,23,24,25,26);7-8H,5-6H2,1-4H3,(H2,17,18,19,20,21);1-3H,7H2/t19-;15-;;/m00../s1. The van der Waals surface area contributed by atoms with Gasteiger partial charge in [0.25, 0.3) is 0 Å². The summed E-state index contributed by atoms with van der Waals surface area (Å²) >= 11 is 6.09. The fourth-order valence-corrected chi connectivity index (χ4v) is 12.6. The number of Topliss-reactive ketones (excluding diaryl/α,β-unsaturated/α-hetero) is 1. The minimum Gasteiger partial charge on any atom is -0.467 e. The number of carbonyl (C=O) groups is 2. The van der Waals surface area contributed by atoms with Gasteiger partial charge in [-0.15, -0.1) is 0 Å². The average Bonchev–Trinajstić information content (AvgIpc) is 1.66. The second-order valence-corrected chi connectivity index (χ2v) is 27.8. The maximum absolute atomic E-state index is 13.2. The molecule has 26 heteroatoms. The van der Waals surface area contributed by atoms with Crippen LogP contribution in [0.5, 0.6) is 0 Å². The van der Waals surface area contributed by atoms with Crippen molar-refractivity contribution < 1.29 is 23.1 Å². The van der Waals surface area contributed by atoms with Crippen LogP contribution >= 0.6 is 11.6 Å². The van der Waals surface area contributed by atoms with Crippen molar-refractivity contribution >= 4 is 75.8 Å². The molecule has 13 rings (SSSR count). The minimum atomic E-state index is -0.546. The number of aromatic nitrogens is 14. The van der Waals surface area contributed by atoms with Gasteiger partial charge in [-0.3, -0.25) is 20.1 Å². The van der Waals surface area contributed by atoms with E-state index in [0.717, 1.165) is 163 Å². The van der Waals surface area contributed by atoms with Crippen LogP contribution in [0.15, 0.2) is 54.9 Å². The van der Waals surface area contributed by atoms with E-state index in [1.165, 1.54) is 37.7 Å². The number of carbonyl (C=O) groups excluding carboxylic acids is 2. The number of rotatable bonds is 15. The number of nitrogens with zero attached hydrogens (tertiary/aromatic N) is 13. The molecule has 0 radical (unpaired) electrons. The number of anilines is 9. The third kappa shape index (κ3) is 15.5. The summed E-state index contributed by atoms with van der Waals surface area (Å²) in [5.41, 5.74) is 16.1. The molecule has 93 heavy (non-hydrogen) atoms. The molecule has 0 aromatic carbocycles. The van der Waals surface area contributed by atoms with Crippen molar-refractivity contribution in [2.75, 3.05) is 51.7 Å². The molecule has 3 aliphatic carbocycles. The monoisotopic (exact) mass is 1290 g/mol. The van der Waals surface area contributed by atoms with Crippen LogP contribution in [-0.2, 0) is 56.3 Å². The number of fused-ring (bicyclic) bond motifs is 3. The molecule has 5 aliphatic rings. The highest BCUT2D eigenvalue weighted by Crippen LogP contribution is 2.45. The van der Waals surface area contributed by atoms with Crippen molar-refractivity contribution in [3.05, 3.63) is 128 Å². The first-order chi connectivity index (χ1) is 44.2. The van der Waals surface area contributed by atoms with Crippen LogP contribution in [0.2, 0.25) is 5.28 Å². The van der Waals surface area contributed by atoms with Crippen LogP contribution in [0.4, 0.5) is 61.3 Å². The van der Waals surface area contributed by atoms with Gasteiger partial charge in [-0.1, -0.05) is 89.2 Å². The Bertz CT molecular complexity index is 3920. The Hall–Kier alpha value is -8.74. The van der Waals surface area contributed by atoms with E-state index in [1.807, 2.05) is 28.0 Å². The van der Waals surface area contributed by atoms with Crippen LogP contribution in [0.25, 0.3) is 0 Å². The number of halogens is 3. The summed E-state index contributed by atoms with van der Waals surface area (Å²) in [6.07, 6.45) is 12.1. The van der Waals surface area contributed by atoms with Gasteiger partial charge < -0.3 is 36.2 Å². The first-order valence-electron chi connectivity index (χ1n) is 32.1. The van der Waals surface area contributed by atoms with E-state index >= 15 is 0 Å². The lowest BCUT2D eigenvalue weighted by Gasteiger charge is -2.26.